The first-order valence-corrected chi connectivity index (χ1v) is 8.10. The fourth-order valence-corrected chi connectivity index (χ4v) is 3.70. The third-order valence-corrected chi connectivity index (χ3v) is 4.92. The number of nitrogens with zero attached hydrogens (tertiary/aromatic N) is 3. The molecule has 1 aromatic carbocycles. The van der Waals surface area contributed by atoms with Crippen LogP contribution in [0, 0.1) is 5.41 Å². The number of hydrogen-bond donors (Lipinski definition) is 1. The Morgan fingerprint density at radius 3 is 2.87 bits per heavy atom. The molecular formula is C17H23ClN4O. The van der Waals surface area contributed by atoms with Gasteiger partial charge in [-0.25, -0.2) is 0 Å². The average molecular weight is 335 g/mol. The molecule has 2 aromatic rings. The average Bonchev–Trinajstić information content (AvgIpc) is 3.25. The highest BCUT2D eigenvalue weighted by Gasteiger charge is 2.40. The maximum absolute atomic E-state index is 5.43. The highest BCUT2D eigenvalue weighted by molar-refractivity contribution is 5.85. The van der Waals surface area contributed by atoms with Gasteiger partial charge in [0, 0.05) is 19.5 Å². The van der Waals surface area contributed by atoms with E-state index in [0.29, 0.717) is 5.41 Å². The van der Waals surface area contributed by atoms with E-state index < -0.39 is 0 Å². The third-order valence-electron chi connectivity index (χ3n) is 4.92. The molecule has 1 N–H and O–H groups in total. The SMILES string of the molecule is Cl.c1ccc(Cc2noc(CN3CCC4(CCNC4)C3)n2)cc1. The van der Waals surface area contributed by atoms with Crippen molar-refractivity contribution in [2.45, 2.75) is 25.8 Å². The summed E-state index contributed by atoms with van der Waals surface area (Å²) in [5.41, 5.74) is 1.71. The van der Waals surface area contributed by atoms with Crippen molar-refractivity contribution in [3.8, 4) is 0 Å². The van der Waals surface area contributed by atoms with Crippen LogP contribution in [-0.4, -0.2) is 41.2 Å². The van der Waals surface area contributed by atoms with E-state index in [-0.39, 0.29) is 12.4 Å². The van der Waals surface area contributed by atoms with Crippen molar-refractivity contribution in [3.05, 3.63) is 47.6 Å². The highest BCUT2D eigenvalue weighted by atomic mass is 35.5. The van der Waals surface area contributed by atoms with E-state index in [1.165, 1.54) is 18.4 Å². The summed E-state index contributed by atoms with van der Waals surface area (Å²) in [6.07, 6.45) is 3.32. The molecule has 4 rings (SSSR count). The third kappa shape index (κ3) is 3.74. The van der Waals surface area contributed by atoms with Gasteiger partial charge in [0.1, 0.15) is 0 Å². The molecule has 2 aliphatic heterocycles. The van der Waals surface area contributed by atoms with E-state index in [2.05, 4.69) is 32.5 Å². The normalized spacial score (nSPS) is 24.2. The minimum atomic E-state index is 0. The van der Waals surface area contributed by atoms with Crippen LogP contribution in [0.25, 0.3) is 0 Å². The second kappa shape index (κ2) is 6.99. The van der Waals surface area contributed by atoms with E-state index in [1.807, 2.05) is 18.2 Å². The van der Waals surface area contributed by atoms with E-state index in [1.54, 1.807) is 0 Å². The van der Waals surface area contributed by atoms with Gasteiger partial charge >= 0.3 is 0 Å². The first-order valence-electron chi connectivity index (χ1n) is 8.10. The van der Waals surface area contributed by atoms with Crippen LogP contribution in [0.2, 0.25) is 0 Å². The lowest BCUT2D eigenvalue weighted by Gasteiger charge is -2.21. The first kappa shape index (κ1) is 16.4. The fourth-order valence-electron chi connectivity index (χ4n) is 3.70. The zero-order chi connectivity index (χ0) is 14.8. The molecule has 124 valence electrons. The lowest BCUT2D eigenvalue weighted by molar-refractivity contribution is 0.235. The summed E-state index contributed by atoms with van der Waals surface area (Å²) in [6.45, 7) is 5.39. The largest absolute Gasteiger partial charge is 0.338 e. The number of rotatable bonds is 4. The number of hydrogen-bond acceptors (Lipinski definition) is 5. The number of nitrogens with one attached hydrogen (secondary N) is 1. The summed E-state index contributed by atoms with van der Waals surface area (Å²) >= 11 is 0. The van der Waals surface area contributed by atoms with Gasteiger partial charge in [-0.2, -0.15) is 4.98 Å². The number of benzene rings is 1. The molecule has 23 heavy (non-hydrogen) atoms. The van der Waals surface area contributed by atoms with Crippen molar-refractivity contribution in [2.24, 2.45) is 5.41 Å². The lowest BCUT2D eigenvalue weighted by atomic mass is 9.87. The molecule has 0 radical (unpaired) electrons. The van der Waals surface area contributed by atoms with Crippen molar-refractivity contribution < 1.29 is 4.52 Å². The number of aromatic nitrogens is 2. The maximum atomic E-state index is 5.43. The van der Waals surface area contributed by atoms with Crippen LogP contribution in [0.1, 0.15) is 30.1 Å². The second-order valence-electron chi connectivity index (χ2n) is 6.65. The molecular weight excluding hydrogens is 312 g/mol. The van der Waals surface area contributed by atoms with Gasteiger partial charge in [-0.05, 0) is 36.9 Å². The predicted molar refractivity (Wildman–Crippen MR) is 90.6 cm³/mol. The van der Waals surface area contributed by atoms with E-state index in [9.17, 15) is 0 Å². The summed E-state index contributed by atoms with van der Waals surface area (Å²) in [7, 11) is 0. The molecule has 0 aliphatic carbocycles. The molecule has 2 saturated heterocycles. The van der Waals surface area contributed by atoms with E-state index in [4.69, 9.17) is 4.52 Å². The van der Waals surface area contributed by atoms with Gasteiger partial charge in [-0.15, -0.1) is 12.4 Å². The summed E-state index contributed by atoms with van der Waals surface area (Å²) < 4.78 is 5.43. The zero-order valence-electron chi connectivity index (χ0n) is 13.2. The van der Waals surface area contributed by atoms with Gasteiger partial charge in [0.05, 0.1) is 6.54 Å². The van der Waals surface area contributed by atoms with Gasteiger partial charge in [0.15, 0.2) is 5.82 Å². The molecule has 0 saturated carbocycles. The van der Waals surface area contributed by atoms with Crippen LogP contribution in [0.3, 0.4) is 0 Å². The Morgan fingerprint density at radius 2 is 2.09 bits per heavy atom. The van der Waals surface area contributed by atoms with Gasteiger partial charge in [0.2, 0.25) is 5.89 Å². The Morgan fingerprint density at radius 1 is 1.22 bits per heavy atom. The van der Waals surface area contributed by atoms with E-state index in [0.717, 1.165) is 50.9 Å². The summed E-state index contributed by atoms with van der Waals surface area (Å²) in [4.78, 5) is 7.00. The second-order valence-corrected chi connectivity index (χ2v) is 6.65. The predicted octanol–water partition coefficient (Wildman–Crippen LogP) is 2.27. The van der Waals surface area contributed by atoms with Gasteiger partial charge in [-0.3, -0.25) is 4.90 Å². The lowest BCUT2D eigenvalue weighted by Crippen LogP contribution is -2.29. The standard InChI is InChI=1S/C17H22N4O.ClH/c1-2-4-14(5-3-1)10-15-19-16(22-20-15)11-21-9-7-17(13-21)6-8-18-12-17;/h1-5,18H,6-13H2;1H. The van der Waals surface area contributed by atoms with Crippen LogP contribution >= 0.6 is 12.4 Å². The molecule has 3 heterocycles. The molecule has 1 unspecified atom stereocenters. The molecule has 6 heteroatoms. The monoisotopic (exact) mass is 334 g/mol. The van der Waals surface area contributed by atoms with Gasteiger partial charge in [-0.1, -0.05) is 35.5 Å². The molecule has 1 atom stereocenters. The topological polar surface area (TPSA) is 54.2 Å². The fraction of sp³-hybridized carbons (Fsp3) is 0.529. The van der Waals surface area contributed by atoms with Gasteiger partial charge < -0.3 is 9.84 Å². The Hall–Kier alpha value is -1.43. The Kier molecular flexibility index (Phi) is 4.99. The molecule has 0 amide bonds. The minimum absolute atomic E-state index is 0. The zero-order valence-corrected chi connectivity index (χ0v) is 14.0. The first-order chi connectivity index (χ1) is 10.8. The molecule has 2 aliphatic rings. The highest BCUT2D eigenvalue weighted by Crippen LogP contribution is 2.36. The summed E-state index contributed by atoms with van der Waals surface area (Å²) in [5.74, 6) is 1.52. The van der Waals surface area contributed by atoms with Crippen LogP contribution in [0.15, 0.2) is 34.9 Å². The summed E-state index contributed by atoms with van der Waals surface area (Å²) in [6, 6.07) is 10.3. The van der Waals surface area contributed by atoms with Crippen molar-refractivity contribution in [2.75, 3.05) is 26.2 Å². The molecule has 2 fully saturated rings. The molecule has 1 spiro atoms. The molecule has 0 bridgehead atoms. The summed E-state index contributed by atoms with van der Waals surface area (Å²) in [5, 5.41) is 7.61. The van der Waals surface area contributed by atoms with Crippen molar-refractivity contribution >= 4 is 12.4 Å². The Balaban J connectivity index is 0.00000156. The van der Waals surface area contributed by atoms with Crippen LogP contribution in [0.5, 0.6) is 0 Å². The van der Waals surface area contributed by atoms with Crippen molar-refractivity contribution in [3.63, 3.8) is 0 Å². The van der Waals surface area contributed by atoms with E-state index >= 15 is 0 Å². The maximum Gasteiger partial charge on any atom is 0.240 e. The Bertz CT molecular complexity index is 625. The van der Waals surface area contributed by atoms with Crippen LogP contribution in [0.4, 0.5) is 0 Å². The molecule has 5 nitrogen and oxygen atoms in total. The number of likely N-dealkylation sites (tertiary alicyclic amines) is 1. The quantitative estimate of drug-likeness (QED) is 0.929. The van der Waals surface area contributed by atoms with Crippen molar-refractivity contribution in [1.82, 2.24) is 20.4 Å². The Labute approximate surface area is 142 Å². The smallest absolute Gasteiger partial charge is 0.240 e. The number of halogens is 1. The van der Waals surface area contributed by atoms with Crippen LogP contribution in [-0.2, 0) is 13.0 Å². The molecule has 1 aromatic heterocycles. The minimum Gasteiger partial charge on any atom is -0.338 e. The van der Waals surface area contributed by atoms with Gasteiger partial charge in [0.25, 0.3) is 0 Å². The van der Waals surface area contributed by atoms with Crippen molar-refractivity contribution in [1.29, 1.82) is 0 Å². The van der Waals surface area contributed by atoms with Crippen LogP contribution < -0.4 is 5.32 Å².